The van der Waals surface area contributed by atoms with Gasteiger partial charge in [0.2, 0.25) is 0 Å². The molecule has 1 aliphatic heterocycles. The second-order valence-electron chi connectivity index (χ2n) is 6.33. The van der Waals surface area contributed by atoms with Crippen LogP contribution in [0.1, 0.15) is 41.0 Å². The van der Waals surface area contributed by atoms with Crippen LogP contribution in [0, 0.1) is 5.92 Å². The number of methoxy groups -OCH3 is 1. The predicted molar refractivity (Wildman–Crippen MR) is 88.3 cm³/mol. The summed E-state index contributed by atoms with van der Waals surface area (Å²) < 4.78 is 10.0. The summed E-state index contributed by atoms with van der Waals surface area (Å²) >= 11 is 1.48. The molecule has 0 unspecified atom stereocenters. The highest BCUT2D eigenvalue weighted by Crippen LogP contribution is 2.25. The summed E-state index contributed by atoms with van der Waals surface area (Å²) in [5.74, 6) is 0.392. The number of alkyl carbamates (subject to hydrolysis) is 1. The minimum Gasteiger partial charge on any atom is -0.467 e. The summed E-state index contributed by atoms with van der Waals surface area (Å²) in [5, 5.41) is 3.64. The number of carbonyl (C=O) groups is 2. The van der Waals surface area contributed by atoms with E-state index in [9.17, 15) is 9.59 Å². The van der Waals surface area contributed by atoms with Crippen LogP contribution in [0.25, 0.3) is 0 Å². The van der Waals surface area contributed by atoms with Crippen LogP contribution in [0.15, 0.2) is 4.99 Å². The third kappa shape index (κ3) is 5.51. The zero-order chi connectivity index (χ0) is 16.9. The maximum atomic E-state index is 12.0. The first-order valence-electron chi connectivity index (χ1n) is 7.45. The largest absolute Gasteiger partial charge is 0.467 e. The Morgan fingerprint density at radius 1 is 1.45 bits per heavy atom. The lowest BCUT2D eigenvalue weighted by molar-refractivity contribution is -0.141. The number of nitrogens with one attached hydrogen (secondary N) is 1. The van der Waals surface area contributed by atoms with Crippen LogP contribution in [0.3, 0.4) is 0 Å². The maximum Gasteiger partial charge on any atom is 0.408 e. The second-order valence-corrected chi connectivity index (χ2v) is 7.37. The van der Waals surface area contributed by atoms with E-state index >= 15 is 0 Å². The number of amides is 1. The van der Waals surface area contributed by atoms with Crippen molar-refractivity contribution in [2.75, 3.05) is 12.9 Å². The molecule has 22 heavy (non-hydrogen) atoms. The van der Waals surface area contributed by atoms with Crippen LogP contribution < -0.4 is 5.32 Å². The van der Waals surface area contributed by atoms with Gasteiger partial charge >= 0.3 is 12.1 Å². The maximum absolute atomic E-state index is 12.0. The Labute approximate surface area is 136 Å². The molecular formula is C15H26N2O4S. The molecule has 0 spiro atoms. The number of esters is 1. The van der Waals surface area contributed by atoms with Gasteiger partial charge in [0.05, 0.1) is 18.2 Å². The lowest BCUT2D eigenvalue weighted by Crippen LogP contribution is -2.45. The Morgan fingerprint density at radius 3 is 2.59 bits per heavy atom. The van der Waals surface area contributed by atoms with Gasteiger partial charge in [0, 0.05) is 5.75 Å². The van der Waals surface area contributed by atoms with Gasteiger partial charge in [-0.3, -0.25) is 4.99 Å². The molecule has 0 aromatic heterocycles. The Kier molecular flexibility index (Phi) is 6.71. The van der Waals surface area contributed by atoms with Gasteiger partial charge in [0.15, 0.2) is 6.04 Å². The summed E-state index contributed by atoms with van der Waals surface area (Å²) in [7, 11) is 1.35. The van der Waals surface area contributed by atoms with Gasteiger partial charge in [-0.15, -0.1) is 11.8 Å². The van der Waals surface area contributed by atoms with E-state index < -0.39 is 17.7 Å². The molecule has 126 valence electrons. The molecule has 0 fully saturated rings. The number of thioether (sulfide) groups is 1. The zero-order valence-corrected chi connectivity index (χ0v) is 15.0. The number of carbonyl (C=O) groups excluding carboxylic acids is 2. The Hall–Kier alpha value is -1.24. The smallest absolute Gasteiger partial charge is 0.408 e. The van der Waals surface area contributed by atoms with Gasteiger partial charge in [-0.2, -0.15) is 0 Å². The van der Waals surface area contributed by atoms with Gasteiger partial charge < -0.3 is 14.8 Å². The summed E-state index contributed by atoms with van der Waals surface area (Å²) in [6, 6.07) is -0.739. The van der Waals surface area contributed by atoms with E-state index in [0.29, 0.717) is 5.75 Å². The third-order valence-corrected chi connectivity index (χ3v) is 4.43. The first-order valence-corrected chi connectivity index (χ1v) is 8.44. The molecule has 1 N–H and O–H groups in total. The molecule has 7 heteroatoms. The Balaban J connectivity index is 2.82. The number of ether oxygens (including phenoxy) is 2. The number of nitrogens with zero attached hydrogens (tertiary/aromatic N) is 1. The summed E-state index contributed by atoms with van der Waals surface area (Å²) in [5.41, 5.74) is -0.552. The molecule has 0 aromatic carbocycles. The average Bonchev–Trinajstić information content (AvgIpc) is 2.90. The summed E-state index contributed by atoms with van der Waals surface area (Å²) in [4.78, 5) is 28.0. The minimum atomic E-state index is -0.552. The molecule has 1 heterocycles. The van der Waals surface area contributed by atoms with Crippen LogP contribution in [0.4, 0.5) is 4.79 Å². The molecule has 0 saturated heterocycles. The molecule has 0 aromatic rings. The van der Waals surface area contributed by atoms with Crippen LogP contribution >= 0.6 is 11.8 Å². The Bertz CT molecular complexity index is 445. The lowest BCUT2D eigenvalue weighted by Gasteiger charge is -2.26. The standard InChI is InChI=1S/C15H26N2O4S/c1-7-9(2)11(17-14(19)21-15(3,4)5)12-16-10(8-22-12)13(18)20-6/h9-11H,7-8H2,1-6H3,(H,17,19)/t9-,10+,11+/m1/s1. The minimum absolute atomic E-state index is 0.190. The van der Waals surface area contributed by atoms with Gasteiger partial charge in [-0.05, 0) is 26.7 Å². The van der Waals surface area contributed by atoms with Crippen LogP contribution in [0.2, 0.25) is 0 Å². The molecule has 6 nitrogen and oxygen atoms in total. The van der Waals surface area contributed by atoms with Crippen molar-refractivity contribution < 1.29 is 19.1 Å². The number of hydrogen-bond donors (Lipinski definition) is 1. The molecule has 0 radical (unpaired) electrons. The van der Waals surface area contributed by atoms with Crippen molar-refractivity contribution in [2.24, 2.45) is 10.9 Å². The van der Waals surface area contributed by atoms with Gasteiger partial charge in [0.25, 0.3) is 0 Å². The number of rotatable bonds is 5. The monoisotopic (exact) mass is 330 g/mol. The van der Waals surface area contributed by atoms with Gasteiger partial charge in [-0.1, -0.05) is 20.3 Å². The number of aliphatic imine (C=N–C) groups is 1. The molecule has 0 bridgehead atoms. The zero-order valence-electron chi connectivity index (χ0n) is 14.1. The molecule has 0 aliphatic carbocycles. The van der Waals surface area contributed by atoms with Crippen molar-refractivity contribution >= 4 is 28.9 Å². The van der Waals surface area contributed by atoms with Crippen LogP contribution in [-0.2, 0) is 14.3 Å². The summed E-state index contributed by atoms with van der Waals surface area (Å²) in [6.07, 6.45) is 0.408. The van der Waals surface area contributed by atoms with Gasteiger partial charge in [-0.25, -0.2) is 9.59 Å². The van der Waals surface area contributed by atoms with Crippen molar-refractivity contribution in [3.05, 3.63) is 0 Å². The molecular weight excluding hydrogens is 304 g/mol. The molecule has 1 amide bonds. The first kappa shape index (κ1) is 18.8. The van der Waals surface area contributed by atoms with Crippen molar-refractivity contribution in [1.29, 1.82) is 0 Å². The highest BCUT2D eigenvalue weighted by Gasteiger charge is 2.33. The van der Waals surface area contributed by atoms with Crippen molar-refractivity contribution in [1.82, 2.24) is 5.32 Å². The average molecular weight is 330 g/mol. The van der Waals surface area contributed by atoms with E-state index in [2.05, 4.69) is 10.3 Å². The second kappa shape index (κ2) is 7.85. The molecule has 3 atom stereocenters. The number of hydrogen-bond acceptors (Lipinski definition) is 6. The van der Waals surface area contributed by atoms with Crippen molar-refractivity contribution in [3.8, 4) is 0 Å². The fraction of sp³-hybridized carbons (Fsp3) is 0.800. The van der Waals surface area contributed by atoms with Crippen molar-refractivity contribution in [3.63, 3.8) is 0 Å². The lowest BCUT2D eigenvalue weighted by atomic mass is 10.00. The van der Waals surface area contributed by atoms with E-state index in [1.165, 1.54) is 18.9 Å². The highest BCUT2D eigenvalue weighted by atomic mass is 32.2. The van der Waals surface area contributed by atoms with Crippen LogP contribution in [-0.4, -0.2) is 47.7 Å². The van der Waals surface area contributed by atoms with E-state index in [1.54, 1.807) is 0 Å². The first-order chi connectivity index (χ1) is 10.2. The topological polar surface area (TPSA) is 77.0 Å². The third-order valence-electron chi connectivity index (χ3n) is 3.30. The molecule has 1 aliphatic rings. The van der Waals surface area contributed by atoms with E-state index in [4.69, 9.17) is 9.47 Å². The predicted octanol–water partition coefficient (Wildman–Crippen LogP) is 2.61. The van der Waals surface area contributed by atoms with E-state index in [1.807, 2.05) is 34.6 Å². The van der Waals surface area contributed by atoms with Gasteiger partial charge in [0.1, 0.15) is 5.60 Å². The fourth-order valence-corrected chi connectivity index (χ4v) is 3.15. The quantitative estimate of drug-likeness (QED) is 0.784. The highest BCUT2D eigenvalue weighted by molar-refractivity contribution is 8.14. The Morgan fingerprint density at radius 2 is 2.09 bits per heavy atom. The molecule has 1 rings (SSSR count). The SMILES string of the molecule is CC[C@@H](C)[C@H](NC(=O)OC(C)(C)C)C1=N[C@H](C(=O)OC)CS1. The fourth-order valence-electron chi connectivity index (χ4n) is 1.94. The van der Waals surface area contributed by atoms with Crippen LogP contribution in [0.5, 0.6) is 0 Å². The summed E-state index contributed by atoms with van der Waals surface area (Å²) in [6.45, 7) is 9.54. The van der Waals surface area contributed by atoms with E-state index in [-0.39, 0.29) is 17.9 Å². The van der Waals surface area contributed by atoms with E-state index in [0.717, 1.165) is 11.5 Å². The normalized spacial score (nSPS) is 20.8. The molecule has 0 saturated carbocycles. The van der Waals surface area contributed by atoms with Crippen molar-refractivity contribution in [2.45, 2.75) is 58.7 Å².